The number of nitrogens with zero attached hydrogens (tertiary/aromatic N) is 2. The van der Waals surface area contributed by atoms with Gasteiger partial charge in [-0.25, -0.2) is 18.4 Å². The Labute approximate surface area is 202 Å². The highest BCUT2D eigenvalue weighted by molar-refractivity contribution is 9.10. The summed E-state index contributed by atoms with van der Waals surface area (Å²) in [7, 11) is -3.84. The van der Waals surface area contributed by atoms with Crippen LogP contribution < -0.4 is 14.8 Å². The molecule has 174 valence electrons. The van der Waals surface area contributed by atoms with Crippen LogP contribution in [0.25, 0.3) is 0 Å². The lowest BCUT2D eigenvalue weighted by atomic mass is 10.0. The van der Waals surface area contributed by atoms with Crippen LogP contribution in [0.4, 0.5) is 11.5 Å². The summed E-state index contributed by atoms with van der Waals surface area (Å²) in [6, 6.07) is 13.0. The topological polar surface area (TPSA) is 110 Å². The number of halogens is 1. The van der Waals surface area contributed by atoms with Gasteiger partial charge in [-0.2, -0.15) is 0 Å². The van der Waals surface area contributed by atoms with Crippen LogP contribution in [0.15, 0.2) is 57.9 Å². The summed E-state index contributed by atoms with van der Waals surface area (Å²) in [6.07, 6.45) is 0. The monoisotopic (exact) mass is 532 g/mol. The van der Waals surface area contributed by atoms with Gasteiger partial charge in [0.2, 0.25) is 0 Å². The summed E-state index contributed by atoms with van der Waals surface area (Å²) in [6.45, 7) is 7.37. The Balaban J connectivity index is 1.63. The van der Waals surface area contributed by atoms with Gasteiger partial charge in [0.25, 0.3) is 15.9 Å². The number of sulfonamides is 1. The molecule has 0 aliphatic heterocycles. The van der Waals surface area contributed by atoms with Gasteiger partial charge < -0.3 is 10.1 Å². The molecular weight excluding hydrogens is 508 g/mol. The van der Waals surface area contributed by atoms with Crippen molar-refractivity contribution in [2.24, 2.45) is 0 Å². The molecule has 2 aromatic carbocycles. The largest absolute Gasteiger partial charge is 0.483 e. The SMILES string of the molecule is Cc1cc(NS(=O)(=O)c2ccc(NC(=O)COc3ccc(Br)cc3C(C)C)cc2)nc(C)n1. The van der Waals surface area contributed by atoms with E-state index in [-0.39, 0.29) is 29.1 Å². The van der Waals surface area contributed by atoms with Crippen LogP contribution in [0.3, 0.4) is 0 Å². The van der Waals surface area contributed by atoms with Crippen molar-refractivity contribution in [3.8, 4) is 5.75 Å². The van der Waals surface area contributed by atoms with Gasteiger partial charge in [0.1, 0.15) is 17.4 Å². The van der Waals surface area contributed by atoms with Crippen LogP contribution in [0.1, 0.15) is 36.8 Å². The van der Waals surface area contributed by atoms with Crippen LogP contribution in [-0.2, 0) is 14.8 Å². The number of aromatic nitrogens is 2. The minimum Gasteiger partial charge on any atom is -0.483 e. The predicted octanol–water partition coefficient (Wildman–Crippen LogP) is 4.80. The van der Waals surface area contributed by atoms with Gasteiger partial charge in [0.15, 0.2) is 6.61 Å². The Kier molecular flexibility index (Phi) is 7.70. The van der Waals surface area contributed by atoms with E-state index < -0.39 is 10.0 Å². The van der Waals surface area contributed by atoms with Crippen molar-refractivity contribution < 1.29 is 17.9 Å². The maximum absolute atomic E-state index is 12.6. The molecule has 0 saturated heterocycles. The fraction of sp³-hybridized carbons (Fsp3) is 0.261. The van der Waals surface area contributed by atoms with E-state index in [1.165, 1.54) is 24.3 Å². The molecule has 1 amide bonds. The minimum absolute atomic E-state index is 0.0436. The Bertz CT molecular complexity index is 1240. The zero-order chi connectivity index (χ0) is 24.2. The van der Waals surface area contributed by atoms with Crippen molar-refractivity contribution in [3.63, 3.8) is 0 Å². The highest BCUT2D eigenvalue weighted by Gasteiger charge is 2.16. The Morgan fingerprint density at radius 1 is 1.06 bits per heavy atom. The molecule has 0 aliphatic carbocycles. The molecule has 0 unspecified atom stereocenters. The van der Waals surface area contributed by atoms with Gasteiger partial charge in [-0.3, -0.25) is 9.52 Å². The first-order valence-corrected chi connectivity index (χ1v) is 12.5. The number of aryl methyl sites for hydroxylation is 2. The molecule has 33 heavy (non-hydrogen) atoms. The van der Waals surface area contributed by atoms with Gasteiger partial charge >= 0.3 is 0 Å². The second-order valence-electron chi connectivity index (χ2n) is 7.75. The van der Waals surface area contributed by atoms with Crippen LogP contribution in [-0.4, -0.2) is 30.9 Å². The van der Waals surface area contributed by atoms with Crippen LogP contribution >= 0.6 is 15.9 Å². The number of carbonyl (C=O) groups excluding carboxylic acids is 1. The van der Waals surface area contributed by atoms with E-state index in [4.69, 9.17) is 4.74 Å². The van der Waals surface area contributed by atoms with Crippen molar-refractivity contribution in [3.05, 3.63) is 70.1 Å². The number of rotatable bonds is 8. The van der Waals surface area contributed by atoms with E-state index >= 15 is 0 Å². The van der Waals surface area contributed by atoms with Crippen LogP contribution in [0, 0.1) is 13.8 Å². The standard InChI is InChI=1S/C23H25BrN4O4S/c1-14(2)20-12-17(24)5-10-21(20)32-13-23(29)27-18-6-8-19(9-7-18)33(30,31)28-22-11-15(3)25-16(4)26-22/h5-12,14H,13H2,1-4H3,(H,27,29)(H,25,26,28). The minimum atomic E-state index is -3.84. The fourth-order valence-corrected chi connectivity index (χ4v) is 4.50. The number of hydrogen-bond donors (Lipinski definition) is 2. The first-order valence-electron chi connectivity index (χ1n) is 10.2. The molecule has 2 N–H and O–H groups in total. The van der Waals surface area contributed by atoms with Gasteiger partial charge in [-0.15, -0.1) is 0 Å². The predicted molar refractivity (Wildman–Crippen MR) is 131 cm³/mol. The molecule has 0 fully saturated rings. The lowest BCUT2D eigenvalue weighted by molar-refractivity contribution is -0.118. The van der Waals surface area contributed by atoms with Crippen molar-refractivity contribution in [2.45, 2.75) is 38.5 Å². The quantitative estimate of drug-likeness (QED) is 0.431. The molecule has 0 spiro atoms. The Morgan fingerprint density at radius 2 is 1.76 bits per heavy atom. The lowest BCUT2D eigenvalue weighted by Gasteiger charge is -2.14. The second-order valence-corrected chi connectivity index (χ2v) is 10.3. The molecule has 1 aromatic heterocycles. The highest BCUT2D eigenvalue weighted by atomic mass is 79.9. The summed E-state index contributed by atoms with van der Waals surface area (Å²) in [5.74, 6) is 1.19. The molecule has 3 rings (SSSR count). The maximum atomic E-state index is 12.6. The van der Waals surface area contributed by atoms with Crippen LogP contribution in [0.5, 0.6) is 5.75 Å². The summed E-state index contributed by atoms with van der Waals surface area (Å²) < 4.78 is 34.4. The number of hydrogen-bond acceptors (Lipinski definition) is 6. The van der Waals surface area contributed by atoms with Crippen molar-refractivity contribution in [1.29, 1.82) is 0 Å². The first-order chi connectivity index (χ1) is 15.5. The molecule has 0 atom stereocenters. The van der Waals surface area contributed by atoms with Gasteiger partial charge in [0, 0.05) is 21.9 Å². The molecule has 10 heteroatoms. The third kappa shape index (κ3) is 6.75. The smallest absolute Gasteiger partial charge is 0.263 e. The number of anilines is 2. The Hall–Kier alpha value is -2.98. The highest BCUT2D eigenvalue weighted by Crippen LogP contribution is 2.29. The van der Waals surface area contributed by atoms with Gasteiger partial charge in [0.05, 0.1) is 4.90 Å². The normalized spacial score (nSPS) is 11.3. The number of nitrogens with one attached hydrogen (secondary N) is 2. The molecule has 8 nitrogen and oxygen atoms in total. The summed E-state index contributed by atoms with van der Waals surface area (Å²) in [4.78, 5) is 20.6. The summed E-state index contributed by atoms with van der Waals surface area (Å²) >= 11 is 3.44. The van der Waals surface area contributed by atoms with E-state index in [0.717, 1.165) is 10.0 Å². The molecule has 0 radical (unpaired) electrons. The zero-order valence-corrected chi connectivity index (χ0v) is 21.1. The fourth-order valence-electron chi connectivity index (χ4n) is 3.13. The van der Waals surface area contributed by atoms with Gasteiger partial charge in [-0.05, 0) is 67.8 Å². The Morgan fingerprint density at radius 3 is 2.39 bits per heavy atom. The molecular formula is C23H25BrN4O4S. The van der Waals surface area contributed by atoms with Crippen molar-refractivity contribution in [2.75, 3.05) is 16.6 Å². The van der Waals surface area contributed by atoms with E-state index in [0.29, 0.717) is 23.0 Å². The van der Waals surface area contributed by atoms with Crippen LogP contribution in [0.2, 0.25) is 0 Å². The summed E-state index contributed by atoms with van der Waals surface area (Å²) in [5, 5.41) is 2.71. The maximum Gasteiger partial charge on any atom is 0.263 e. The van der Waals surface area contributed by atoms with E-state index in [1.807, 2.05) is 32.0 Å². The number of benzene rings is 2. The molecule has 0 aliphatic rings. The average Bonchev–Trinajstić information content (AvgIpc) is 2.72. The first kappa shape index (κ1) is 24.7. The number of carbonyl (C=O) groups is 1. The number of ether oxygens (including phenoxy) is 1. The third-order valence-corrected chi connectivity index (χ3v) is 6.47. The average molecular weight is 533 g/mol. The van der Waals surface area contributed by atoms with E-state index in [1.54, 1.807) is 19.9 Å². The van der Waals surface area contributed by atoms with Gasteiger partial charge in [-0.1, -0.05) is 29.8 Å². The summed E-state index contributed by atoms with van der Waals surface area (Å²) in [5.41, 5.74) is 2.11. The zero-order valence-electron chi connectivity index (χ0n) is 18.7. The van der Waals surface area contributed by atoms with Crippen molar-refractivity contribution in [1.82, 2.24) is 9.97 Å². The van der Waals surface area contributed by atoms with E-state index in [9.17, 15) is 13.2 Å². The molecule has 0 bridgehead atoms. The molecule has 3 aromatic rings. The third-order valence-electron chi connectivity index (χ3n) is 4.61. The van der Waals surface area contributed by atoms with E-state index in [2.05, 4.69) is 35.9 Å². The number of amides is 1. The van der Waals surface area contributed by atoms with Crippen molar-refractivity contribution >= 4 is 43.4 Å². The lowest BCUT2D eigenvalue weighted by Crippen LogP contribution is -2.20. The second kappa shape index (κ2) is 10.3. The molecule has 0 saturated carbocycles. The molecule has 1 heterocycles.